The molecule has 0 heteroatoms. The monoisotopic (exact) mass is 260 g/mol. The second kappa shape index (κ2) is 5.50. The molecule has 3 rings (SSSR count). The van der Waals surface area contributed by atoms with Gasteiger partial charge in [0.25, 0.3) is 0 Å². The second-order valence-corrected chi connectivity index (χ2v) is 5.64. The normalized spacial score (nSPS) is 21.6. The van der Waals surface area contributed by atoms with Crippen LogP contribution >= 0.6 is 0 Å². The van der Waals surface area contributed by atoms with Crippen molar-refractivity contribution in [3.8, 4) is 11.1 Å². The van der Waals surface area contributed by atoms with Gasteiger partial charge in [-0.1, -0.05) is 86.7 Å². The summed E-state index contributed by atoms with van der Waals surface area (Å²) in [5.41, 5.74) is 5.19. The molecule has 0 saturated heterocycles. The molecule has 0 N–H and O–H groups in total. The van der Waals surface area contributed by atoms with E-state index < -0.39 is 0 Å². The molecule has 0 fully saturated rings. The van der Waals surface area contributed by atoms with Crippen LogP contribution in [0.3, 0.4) is 0 Å². The number of benzene rings is 2. The first-order chi connectivity index (χ1) is 9.74. The lowest BCUT2D eigenvalue weighted by Gasteiger charge is -2.19. The molecule has 2 atom stereocenters. The molecule has 0 spiro atoms. The third kappa shape index (κ3) is 2.60. The van der Waals surface area contributed by atoms with E-state index in [9.17, 15) is 0 Å². The van der Waals surface area contributed by atoms with E-state index in [0.29, 0.717) is 11.8 Å². The van der Waals surface area contributed by atoms with Gasteiger partial charge in [-0.05, 0) is 34.1 Å². The van der Waals surface area contributed by atoms with E-state index in [0.717, 1.165) is 0 Å². The van der Waals surface area contributed by atoms with Crippen LogP contribution in [0.25, 0.3) is 16.7 Å². The van der Waals surface area contributed by atoms with Gasteiger partial charge in [-0.3, -0.25) is 0 Å². The van der Waals surface area contributed by atoms with E-state index in [4.69, 9.17) is 0 Å². The highest BCUT2D eigenvalue weighted by Gasteiger charge is 2.12. The number of hydrogen-bond acceptors (Lipinski definition) is 0. The zero-order chi connectivity index (χ0) is 13.9. The van der Waals surface area contributed by atoms with Gasteiger partial charge in [0.05, 0.1) is 0 Å². The van der Waals surface area contributed by atoms with Crippen LogP contribution in [0.4, 0.5) is 0 Å². The van der Waals surface area contributed by atoms with Gasteiger partial charge in [0, 0.05) is 0 Å². The predicted octanol–water partition coefficient (Wildman–Crippen LogP) is 5.58. The van der Waals surface area contributed by atoms with Crippen LogP contribution in [0.1, 0.15) is 19.4 Å². The molecule has 1 aliphatic carbocycles. The topological polar surface area (TPSA) is 0 Å². The van der Waals surface area contributed by atoms with Crippen molar-refractivity contribution in [1.82, 2.24) is 0 Å². The molecule has 2 aromatic carbocycles. The maximum Gasteiger partial charge on any atom is -0.0184 e. The zero-order valence-corrected chi connectivity index (χ0v) is 12.1. The number of rotatable bonds is 2. The molecule has 1 aliphatic rings. The molecule has 0 aromatic heterocycles. The van der Waals surface area contributed by atoms with Crippen molar-refractivity contribution in [1.29, 1.82) is 0 Å². The van der Waals surface area contributed by atoms with Crippen molar-refractivity contribution in [3.63, 3.8) is 0 Å². The van der Waals surface area contributed by atoms with Gasteiger partial charge in [0.15, 0.2) is 0 Å². The molecule has 2 unspecified atom stereocenters. The molecule has 0 radical (unpaired) electrons. The third-order valence-electron chi connectivity index (χ3n) is 4.18. The first-order valence-electron chi connectivity index (χ1n) is 7.30. The van der Waals surface area contributed by atoms with Gasteiger partial charge in [-0.15, -0.1) is 0 Å². The average molecular weight is 260 g/mol. The molecule has 20 heavy (non-hydrogen) atoms. The van der Waals surface area contributed by atoms with Gasteiger partial charge in [-0.25, -0.2) is 0 Å². The molecule has 0 heterocycles. The van der Waals surface area contributed by atoms with Gasteiger partial charge < -0.3 is 0 Å². The van der Waals surface area contributed by atoms with Crippen molar-refractivity contribution in [2.75, 3.05) is 0 Å². The van der Waals surface area contributed by atoms with Gasteiger partial charge in [0.1, 0.15) is 0 Å². The van der Waals surface area contributed by atoms with Crippen molar-refractivity contribution >= 4 is 5.57 Å². The van der Waals surface area contributed by atoms with Gasteiger partial charge >= 0.3 is 0 Å². The van der Waals surface area contributed by atoms with Crippen molar-refractivity contribution in [2.45, 2.75) is 13.8 Å². The minimum Gasteiger partial charge on any atom is -0.0805 e. The van der Waals surface area contributed by atoms with E-state index in [1.54, 1.807) is 0 Å². The van der Waals surface area contributed by atoms with E-state index >= 15 is 0 Å². The Hall–Kier alpha value is -2.08. The lowest BCUT2D eigenvalue weighted by atomic mass is 9.86. The van der Waals surface area contributed by atoms with Gasteiger partial charge in [0.2, 0.25) is 0 Å². The molecule has 0 saturated carbocycles. The summed E-state index contributed by atoms with van der Waals surface area (Å²) in [6, 6.07) is 19.4. The summed E-state index contributed by atoms with van der Waals surface area (Å²) in [6.45, 7) is 4.56. The fourth-order valence-electron chi connectivity index (χ4n) is 2.60. The fraction of sp³-hybridized carbons (Fsp3) is 0.200. The molecule has 0 bridgehead atoms. The quantitative estimate of drug-likeness (QED) is 0.661. The molecular formula is C20H20. The Morgan fingerprint density at radius 2 is 1.25 bits per heavy atom. The SMILES string of the molecule is CC1C=CC(c2ccc(-c3ccccc3)cc2)=CC1C. The summed E-state index contributed by atoms with van der Waals surface area (Å²) in [5.74, 6) is 1.26. The summed E-state index contributed by atoms with van der Waals surface area (Å²) in [4.78, 5) is 0. The minimum absolute atomic E-state index is 0.615. The predicted molar refractivity (Wildman–Crippen MR) is 87.3 cm³/mol. The Labute approximate surface area is 121 Å². The summed E-state index contributed by atoms with van der Waals surface area (Å²) < 4.78 is 0. The lowest BCUT2D eigenvalue weighted by molar-refractivity contribution is 0.554. The molecule has 2 aromatic rings. The molecule has 0 aliphatic heterocycles. The van der Waals surface area contributed by atoms with Crippen LogP contribution < -0.4 is 0 Å². The molecule has 100 valence electrons. The Morgan fingerprint density at radius 1 is 0.650 bits per heavy atom. The molecule has 0 nitrogen and oxygen atoms in total. The van der Waals surface area contributed by atoms with Crippen molar-refractivity contribution in [3.05, 3.63) is 78.4 Å². The Kier molecular flexibility index (Phi) is 3.56. The first kappa shape index (κ1) is 12.9. The maximum absolute atomic E-state index is 2.38. The van der Waals surface area contributed by atoms with Crippen LogP contribution in [-0.4, -0.2) is 0 Å². The first-order valence-corrected chi connectivity index (χ1v) is 7.30. The molecule has 0 amide bonds. The Morgan fingerprint density at radius 3 is 1.90 bits per heavy atom. The van der Waals surface area contributed by atoms with E-state index in [-0.39, 0.29) is 0 Å². The summed E-state index contributed by atoms with van der Waals surface area (Å²) >= 11 is 0. The summed E-state index contributed by atoms with van der Waals surface area (Å²) in [5, 5.41) is 0. The standard InChI is InChI=1S/C20H20/c1-15-8-9-20(14-16(15)2)19-12-10-18(11-13-19)17-6-4-3-5-7-17/h3-16H,1-2H3. The van der Waals surface area contributed by atoms with E-state index in [1.807, 2.05) is 0 Å². The zero-order valence-electron chi connectivity index (χ0n) is 12.1. The lowest BCUT2D eigenvalue weighted by Crippen LogP contribution is -2.06. The fourth-order valence-corrected chi connectivity index (χ4v) is 2.60. The minimum atomic E-state index is 0.615. The maximum atomic E-state index is 2.38. The second-order valence-electron chi connectivity index (χ2n) is 5.64. The third-order valence-corrected chi connectivity index (χ3v) is 4.18. The largest absolute Gasteiger partial charge is 0.0805 e. The van der Waals surface area contributed by atoms with Crippen LogP contribution in [0.2, 0.25) is 0 Å². The van der Waals surface area contributed by atoms with Crippen LogP contribution in [0.5, 0.6) is 0 Å². The highest BCUT2D eigenvalue weighted by Crippen LogP contribution is 2.29. The number of hydrogen-bond donors (Lipinski definition) is 0. The average Bonchev–Trinajstić information content (AvgIpc) is 2.51. The Bertz CT molecular complexity index is 629. The number of allylic oxidation sites excluding steroid dienone is 4. The van der Waals surface area contributed by atoms with Gasteiger partial charge in [-0.2, -0.15) is 0 Å². The summed E-state index contributed by atoms with van der Waals surface area (Å²) in [6.07, 6.45) is 6.94. The highest BCUT2D eigenvalue weighted by molar-refractivity contribution is 5.77. The van der Waals surface area contributed by atoms with E-state index in [1.165, 1.54) is 22.3 Å². The molecular weight excluding hydrogens is 240 g/mol. The van der Waals surface area contributed by atoms with Crippen LogP contribution in [-0.2, 0) is 0 Å². The Balaban J connectivity index is 1.88. The van der Waals surface area contributed by atoms with Crippen molar-refractivity contribution in [2.24, 2.45) is 11.8 Å². The van der Waals surface area contributed by atoms with Crippen molar-refractivity contribution < 1.29 is 0 Å². The van der Waals surface area contributed by atoms with E-state index in [2.05, 4.69) is 86.7 Å². The van der Waals surface area contributed by atoms with Crippen LogP contribution in [0.15, 0.2) is 72.8 Å². The van der Waals surface area contributed by atoms with Crippen LogP contribution in [0, 0.1) is 11.8 Å². The smallest absolute Gasteiger partial charge is 0.0184 e. The highest BCUT2D eigenvalue weighted by atomic mass is 14.2. The summed E-state index contributed by atoms with van der Waals surface area (Å²) in [7, 11) is 0.